The Kier molecular flexibility index (Phi) is 4.33. The Morgan fingerprint density at radius 3 is 2.78 bits per heavy atom. The molecule has 0 amide bonds. The van der Waals surface area contributed by atoms with Crippen LogP contribution in [0, 0.1) is 0 Å². The number of fused-ring (bicyclic) bond motifs is 1. The minimum Gasteiger partial charge on any atom is -0.396 e. The zero-order valence-corrected chi connectivity index (χ0v) is 11.1. The maximum absolute atomic E-state index is 8.94. The quantitative estimate of drug-likeness (QED) is 0.844. The van der Waals surface area contributed by atoms with Crippen molar-refractivity contribution in [3.05, 3.63) is 29.5 Å². The number of hydrogen-bond donors (Lipinski definition) is 1. The second-order valence-electron chi connectivity index (χ2n) is 3.99. The first-order chi connectivity index (χ1) is 8.76. The highest BCUT2D eigenvalue weighted by Gasteiger charge is 2.12. The molecular weight excluding hydrogens is 250 g/mol. The number of aliphatic hydroxyl groups excluding tert-OH is 1. The summed E-state index contributed by atoms with van der Waals surface area (Å²) in [7, 11) is 0. The molecule has 0 unspecified atom stereocenters. The van der Waals surface area contributed by atoms with Gasteiger partial charge in [0.2, 0.25) is 5.28 Å². The Balaban J connectivity index is 2.47. The molecule has 0 radical (unpaired) electrons. The molecule has 2 aromatic rings. The van der Waals surface area contributed by atoms with E-state index in [1.165, 1.54) is 0 Å². The lowest BCUT2D eigenvalue weighted by Gasteiger charge is -2.22. The van der Waals surface area contributed by atoms with Gasteiger partial charge in [-0.25, -0.2) is 4.98 Å². The van der Waals surface area contributed by atoms with E-state index in [-0.39, 0.29) is 11.9 Å². The Morgan fingerprint density at radius 1 is 1.28 bits per heavy atom. The molecule has 0 spiro atoms. The first kappa shape index (κ1) is 13.1. The summed E-state index contributed by atoms with van der Waals surface area (Å²) in [5.74, 6) is 0.835. The van der Waals surface area contributed by atoms with Crippen molar-refractivity contribution in [2.24, 2.45) is 0 Å². The van der Waals surface area contributed by atoms with E-state index >= 15 is 0 Å². The molecule has 18 heavy (non-hydrogen) atoms. The van der Waals surface area contributed by atoms with Crippen LogP contribution in [0.1, 0.15) is 13.3 Å². The molecule has 1 aromatic carbocycles. The highest BCUT2D eigenvalue weighted by atomic mass is 35.5. The molecular formula is C13H16ClN3O. The summed E-state index contributed by atoms with van der Waals surface area (Å²) in [4.78, 5) is 10.6. The minimum absolute atomic E-state index is 0.174. The smallest absolute Gasteiger partial charge is 0.224 e. The minimum atomic E-state index is 0.174. The van der Waals surface area contributed by atoms with E-state index in [0.29, 0.717) is 6.42 Å². The van der Waals surface area contributed by atoms with E-state index in [2.05, 4.69) is 21.8 Å². The Labute approximate surface area is 111 Å². The Hall–Kier alpha value is -1.39. The number of aromatic nitrogens is 2. The molecule has 0 atom stereocenters. The maximum Gasteiger partial charge on any atom is 0.224 e. The summed E-state index contributed by atoms with van der Waals surface area (Å²) in [6, 6.07) is 7.80. The van der Waals surface area contributed by atoms with Crippen LogP contribution in [-0.2, 0) is 0 Å². The van der Waals surface area contributed by atoms with Crippen molar-refractivity contribution < 1.29 is 5.11 Å². The molecule has 0 aliphatic heterocycles. The zero-order chi connectivity index (χ0) is 13.0. The number of halogens is 1. The predicted molar refractivity (Wildman–Crippen MR) is 74.1 cm³/mol. The van der Waals surface area contributed by atoms with Gasteiger partial charge in [-0.3, -0.25) is 0 Å². The monoisotopic (exact) mass is 265 g/mol. The maximum atomic E-state index is 8.94. The summed E-state index contributed by atoms with van der Waals surface area (Å²) in [5, 5.41) is 10.2. The van der Waals surface area contributed by atoms with Gasteiger partial charge in [-0.2, -0.15) is 4.98 Å². The molecule has 0 aliphatic rings. The van der Waals surface area contributed by atoms with Gasteiger partial charge in [0.1, 0.15) is 5.82 Å². The van der Waals surface area contributed by atoms with E-state index in [4.69, 9.17) is 16.7 Å². The summed E-state index contributed by atoms with van der Waals surface area (Å²) < 4.78 is 0. The van der Waals surface area contributed by atoms with Crippen LogP contribution in [0.5, 0.6) is 0 Å². The summed E-state index contributed by atoms with van der Waals surface area (Å²) in [6.45, 7) is 3.80. The van der Waals surface area contributed by atoms with E-state index in [9.17, 15) is 0 Å². The van der Waals surface area contributed by atoms with E-state index in [0.717, 1.165) is 29.8 Å². The Morgan fingerprint density at radius 2 is 2.06 bits per heavy atom. The standard InChI is InChI=1S/C13H16ClN3O/c1-2-17(8-5-9-18)12-10-6-3-4-7-11(10)15-13(14)16-12/h3-4,6-7,18H,2,5,8-9H2,1H3. The van der Waals surface area contributed by atoms with Crippen molar-refractivity contribution in [3.8, 4) is 0 Å². The van der Waals surface area contributed by atoms with Crippen LogP contribution in [0.2, 0.25) is 5.28 Å². The van der Waals surface area contributed by atoms with Crippen LogP contribution in [0.3, 0.4) is 0 Å². The average molecular weight is 266 g/mol. The highest BCUT2D eigenvalue weighted by Crippen LogP contribution is 2.25. The lowest BCUT2D eigenvalue weighted by molar-refractivity contribution is 0.289. The van der Waals surface area contributed by atoms with Crippen LogP contribution < -0.4 is 4.90 Å². The van der Waals surface area contributed by atoms with E-state index in [1.54, 1.807) is 0 Å². The number of aliphatic hydroxyl groups is 1. The van der Waals surface area contributed by atoms with Crippen molar-refractivity contribution in [2.45, 2.75) is 13.3 Å². The lowest BCUT2D eigenvalue weighted by Crippen LogP contribution is -2.26. The SMILES string of the molecule is CCN(CCCO)c1nc(Cl)nc2ccccc12. The van der Waals surface area contributed by atoms with E-state index in [1.807, 2.05) is 24.3 Å². The number of para-hydroxylation sites is 1. The third kappa shape index (κ3) is 2.71. The van der Waals surface area contributed by atoms with Crippen molar-refractivity contribution in [2.75, 3.05) is 24.6 Å². The van der Waals surface area contributed by atoms with Crippen LogP contribution in [0.15, 0.2) is 24.3 Å². The molecule has 1 aromatic heterocycles. The van der Waals surface area contributed by atoms with Gasteiger partial charge < -0.3 is 10.0 Å². The van der Waals surface area contributed by atoms with Gasteiger partial charge in [0.05, 0.1) is 5.52 Å². The number of rotatable bonds is 5. The molecule has 96 valence electrons. The fourth-order valence-corrected chi connectivity index (χ4v) is 2.12. The van der Waals surface area contributed by atoms with Gasteiger partial charge in [-0.15, -0.1) is 0 Å². The molecule has 0 aliphatic carbocycles. The zero-order valence-electron chi connectivity index (χ0n) is 10.3. The fourth-order valence-electron chi connectivity index (χ4n) is 1.95. The van der Waals surface area contributed by atoms with Gasteiger partial charge in [-0.05, 0) is 37.1 Å². The highest BCUT2D eigenvalue weighted by molar-refractivity contribution is 6.28. The first-order valence-corrected chi connectivity index (χ1v) is 6.42. The van der Waals surface area contributed by atoms with Crippen LogP contribution in [-0.4, -0.2) is 34.8 Å². The third-order valence-electron chi connectivity index (χ3n) is 2.82. The van der Waals surface area contributed by atoms with Crippen LogP contribution in [0.4, 0.5) is 5.82 Å². The fraction of sp³-hybridized carbons (Fsp3) is 0.385. The number of hydrogen-bond acceptors (Lipinski definition) is 4. The molecule has 4 nitrogen and oxygen atoms in total. The predicted octanol–water partition coefficient (Wildman–Crippen LogP) is 2.49. The van der Waals surface area contributed by atoms with Crippen molar-refractivity contribution >= 4 is 28.3 Å². The number of benzene rings is 1. The van der Waals surface area contributed by atoms with Crippen molar-refractivity contribution in [1.82, 2.24) is 9.97 Å². The summed E-state index contributed by atoms with van der Waals surface area (Å²) >= 11 is 5.96. The first-order valence-electron chi connectivity index (χ1n) is 6.04. The molecule has 0 saturated carbocycles. The van der Waals surface area contributed by atoms with Gasteiger partial charge >= 0.3 is 0 Å². The third-order valence-corrected chi connectivity index (χ3v) is 2.99. The number of nitrogens with zero attached hydrogens (tertiary/aromatic N) is 3. The van der Waals surface area contributed by atoms with Gasteiger partial charge in [0.25, 0.3) is 0 Å². The van der Waals surface area contributed by atoms with Crippen LogP contribution >= 0.6 is 11.6 Å². The molecule has 0 saturated heterocycles. The summed E-state index contributed by atoms with van der Waals surface area (Å²) in [6.07, 6.45) is 0.712. The van der Waals surface area contributed by atoms with Crippen molar-refractivity contribution in [3.63, 3.8) is 0 Å². The molecule has 0 fully saturated rings. The largest absolute Gasteiger partial charge is 0.396 e. The average Bonchev–Trinajstić information content (AvgIpc) is 2.39. The van der Waals surface area contributed by atoms with E-state index < -0.39 is 0 Å². The molecule has 0 bridgehead atoms. The molecule has 1 heterocycles. The summed E-state index contributed by atoms with van der Waals surface area (Å²) in [5.41, 5.74) is 0.843. The molecule has 2 rings (SSSR count). The number of anilines is 1. The second kappa shape index (κ2) is 5.98. The topological polar surface area (TPSA) is 49.2 Å². The van der Waals surface area contributed by atoms with Crippen molar-refractivity contribution in [1.29, 1.82) is 0 Å². The molecule has 5 heteroatoms. The van der Waals surface area contributed by atoms with Gasteiger partial charge in [0, 0.05) is 25.1 Å². The second-order valence-corrected chi connectivity index (χ2v) is 4.33. The normalized spacial score (nSPS) is 10.8. The van der Waals surface area contributed by atoms with Gasteiger partial charge in [-0.1, -0.05) is 12.1 Å². The Bertz CT molecular complexity index is 533. The van der Waals surface area contributed by atoms with Gasteiger partial charge in [0.15, 0.2) is 0 Å². The lowest BCUT2D eigenvalue weighted by atomic mass is 10.2. The molecule has 1 N–H and O–H groups in total. The van der Waals surface area contributed by atoms with Crippen LogP contribution in [0.25, 0.3) is 10.9 Å².